The fourth-order valence-electron chi connectivity index (χ4n) is 3.70. The summed E-state index contributed by atoms with van der Waals surface area (Å²) in [5.41, 5.74) is 0.873. The van der Waals surface area contributed by atoms with Gasteiger partial charge in [0.2, 0.25) is 17.8 Å². The molecule has 0 spiro atoms. The number of rotatable bonds is 8. The maximum absolute atomic E-state index is 13.3. The zero-order valence-corrected chi connectivity index (χ0v) is 19.7. The standard InChI is InChI=1S/C25H18ClF3N6O2/c26-16-6-4-15(5-7-16)12-35-23-22(34(14-30-23)13-19(27)28)24(36)33-25(35)31-17-8-10-18(11-9-17)37-21-3-1-2-20(29)32-21/h1-11,14,19H,12-13H2,(H,31,33,36). The van der Waals surface area contributed by atoms with Crippen molar-refractivity contribution < 1.29 is 17.9 Å². The normalized spacial score (nSPS) is 11.3. The van der Waals surface area contributed by atoms with E-state index in [0.29, 0.717) is 16.5 Å². The van der Waals surface area contributed by atoms with E-state index in [4.69, 9.17) is 16.3 Å². The first-order chi connectivity index (χ1) is 17.9. The Morgan fingerprint density at radius 2 is 1.76 bits per heavy atom. The molecule has 5 aromatic rings. The molecule has 0 aliphatic heterocycles. The van der Waals surface area contributed by atoms with Gasteiger partial charge in [-0.1, -0.05) is 29.8 Å². The fourth-order valence-corrected chi connectivity index (χ4v) is 3.83. The summed E-state index contributed by atoms with van der Waals surface area (Å²) in [5.74, 6) is 0.0162. The Morgan fingerprint density at radius 1 is 1.00 bits per heavy atom. The molecule has 1 N–H and O–H groups in total. The van der Waals surface area contributed by atoms with Crippen LogP contribution in [0.3, 0.4) is 0 Å². The molecule has 5 rings (SSSR count). The van der Waals surface area contributed by atoms with Crippen LogP contribution in [0.1, 0.15) is 5.56 Å². The number of fused-ring (bicyclic) bond motifs is 1. The Bertz CT molecular complexity index is 1600. The van der Waals surface area contributed by atoms with Gasteiger partial charge in [-0.25, -0.2) is 13.8 Å². The second-order valence-electron chi connectivity index (χ2n) is 7.96. The van der Waals surface area contributed by atoms with Crippen molar-refractivity contribution in [3.8, 4) is 11.6 Å². The number of anilines is 2. The molecule has 0 amide bonds. The molecular formula is C25H18ClF3N6O2. The van der Waals surface area contributed by atoms with Crippen molar-refractivity contribution in [2.24, 2.45) is 0 Å². The third kappa shape index (κ3) is 5.56. The Morgan fingerprint density at radius 3 is 2.46 bits per heavy atom. The van der Waals surface area contributed by atoms with Crippen LogP contribution in [-0.2, 0) is 13.1 Å². The summed E-state index contributed by atoms with van der Waals surface area (Å²) in [5, 5.41) is 3.64. The van der Waals surface area contributed by atoms with Gasteiger partial charge in [-0.05, 0) is 48.0 Å². The summed E-state index contributed by atoms with van der Waals surface area (Å²) in [7, 11) is 0. The number of aromatic nitrogens is 5. The van der Waals surface area contributed by atoms with E-state index in [1.165, 1.54) is 24.5 Å². The Labute approximate surface area is 213 Å². The number of benzene rings is 2. The molecule has 37 heavy (non-hydrogen) atoms. The van der Waals surface area contributed by atoms with Gasteiger partial charge in [0, 0.05) is 16.8 Å². The second-order valence-corrected chi connectivity index (χ2v) is 8.40. The lowest BCUT2D eigenvalue weighted by atomic mass is 10.2. The van der Waals surface area contributed by atoms with Crippen molar-refractivity contribution >= 4 is 34.4 Å². The summed E-state index contributed by atoms with van der Waals surface area (Å²) >= 11 is 6.00. The van der Waals surface area contributed by atoms with Gasteiger partial charge in [-0.3, -0.25) is 9.36 Å². The molecule has 0 aliphatic carbocycles. The Kier molecular flexibility index (Phi) is 6.78. The van der Waals surface area contributed by atoms with Gasteiger partial charge < -0.3 is 14.6 Å². The third-order valence-corrected chi connectivity index (χ3v) is 5.60. The van der Waals surface area contributed by atoms with Gasteiger partial charge in [-0.15, -0.1) is 0 Å². The van der Waals surface area contributed by atoms with Crippen molar-refractivity contribution in [1.82, 2.24) is 24.1 Å². The number of halogens is 4. The third-order valence-electron chi connectivity index (χ3n) is 5.35. The summed E-state index contributed by atoms with van der Waals surface area (Å²) in [6.07, 6.45) is -1.46. The van der Waals surface area contributed by atoms with Gasteiger partial charge >= 0.3 is 5.56 Å². The smallest absolute Gasteiger partial charge is 0.300 e. The summed E-state index contributed by atoms with van der Waals surface area (Å²) in [6.45, 7) is -0.440. The van der Waals surface area contributed by atoms with Crippen LogP contribution in [0.2, 0.25) is 5.02 Å². The van der Waals surface area contributed by atoms with Gasteiger partial charge in [-0.2, -0.15) is 14.4 Å². The minimum Gasteiger partial charge on any atom is -0.439 e. The van der Waals surface area contributed by atoms with Crippen LogP contribution < -0.4 is 15.6 Å². The first kappa shape index (κ1) is 24.3. The first-order valence-corrected chi connectivity index (χ1v) is 11.4. The van der Waals surface area contributed by atoms with Crippen LogP contribution in [0.15, 0.2) is 77.9 Å². The van der Waals surface area contributed by atoms with E-state index in [0.717, 1.165) is 10.1 Å². The molecule has 3 aromatic heterocycles. The van der Waals surface area contributed by atoms with E-state index in [9.17, 15) is 18.0 Å². The van der Waals surface area contributed by atoms with Gasteiger partial charge in [0.15, 0.2) is 11.2 Å². The molecule has 0 bridgehead atoms. The Hall–Kier alpha value is -4.38. The number of pyridine rings is 1. The number of hydrogen-bond donors (Lipinski definition) is 1. The highest BCUT2D eigenvalue weighted by atomic mass is 35.5. The van der Waals surface area contributed by atoms with E-state index in [1.807, 2.05) is 0 Å². The molecule has 3 heterocycles. The number of imidazole rings is 1. The number of alkyl halides is 2. The summed E-state index contributed by atoms with van der Waals surface area (Å²) in [4.78, 5) is 24.9. The van der Waals surface area contributed by atoms with Gasteiger partial charge in [0.05, 0.1) is 19.4 Å². The molecule has 2 aromatic carbocycles. The van der Waals surface area contributed by atoms with Crippen LogP contribution >= 0.6 is 11.6 Å². The average Bonchev–Trinajstić information content (AvgIpc) is 3.27. The van der Waals surface area contributed by atoms with E-state index in [1.54, 1.807) is 53.1 Å². The molecule has 8 nitrogen and oxygen atoms in total. The first-order valence-electron chi connectivity index (χ1n) is 11.0. The van der Waals surface area contributed by atoms with E-state index in [2.05, 4.69) is 20.3 Å². The van der Waals surface area contributed by atoms with Gasteiger partial charge in [0.25, 0.3) is 6.43 Å². The van der Waals surface area contributed by atoms with Crippen molar-refractivity contribution in [2.75, 3.05) is 5.32 Å². The van der Waals surface area contributed by atoms with Gasteiger partial charge in [0.1, 0.15) is 5.75 Å². The zero-order chi connectivity index (χ0) is 25.9. The molecule has 12 heteroatoms. The fraction of sp³-hybridized carbons (Fsp3) is 0.120. The maximum Gasteiger partial charge on any atom is 0.300 e. The minimum absolute atomic E-state index is 0.0221. The lowest BCUT2D eigenvalue weighted by molar-refractivity contribution is 0.128. The number of nitrogens with zero attached hydrogens (tertiary/aromatic N) is 5. The average molecular weight is 527 g/mol. The van der Waals surface area contributed by atoms with Crippen molar-refractivity contribution in [3.05, 3.63) is 99.9 Å². The molecule has 0 aliphatic rings. The topological polar surface area (TPSA) is 86.9 Å². The predicted molar refractivity (Wildman–Crippen MR) is 132 cm³/mol. The van der Waals surface area contributed by atoms with Crippen molar-refractivity contribution in [2.45, 2.75) is 19.5 Å². The van der Waals surface area contributed by atoms with E-state index < -0.39 is 24.5 Å². The summed E-state index contributed by atoms with van der Waals surface area (Å²) < 4.78 is 47.7. The van der Waals surface area contributed by atoms with E-state index >= 15 is 0 Å². The quantitative estimate of drug-likeness (QED) is 0.264. The van der Waals surface area contributed by atoms with Crippen LogP contribution in [0.5, 0.6) is 11.6 Å². The minimum atomic E-state index is -2.66. The number of nitrogens with one attached hydrogen (secondary N) is 1. The highest BCUT2D eigenvalue weighted by Crippen LogP contribution is 2.25. The number of hydrogen-bond acceptors (Lipinski definition) is 6. The molecule has 0 fully saturated rings. The summed E-state index contributed by atoms with van der Waals surface area (Å²) in [6, 6.07) is 17.9. The van der Waals surface area contributed by atoms with Crippen LogP contribution in [0.4, 0.5) is 24.8 Å². The SMILES string of the molecule is O=c1nc(Nc2ccc(Oc3cccc(F)n3)cc2)n(Cc2ccc(Cl)cc2)c2ncn(CC(F)F)c12. The lowest BCUT2D eigenvalue weighted by Gasteiger charge is -2.16. The molecule has 0 saturated carbocycles. The molecule has 188 valence electrons. The Balaban J connectivity index is 1.49. The highest BCUT2D eigenvalue weighted by Gasteiger charge is 2.18. The number of ether oxygens (including phenoxy) is 1. The van der Waals surface area contributed by atoms with Crippen LogP contribution in [0.25, 0.3) is 11.2 Å². The van der Waals surface area contributed by atoms with Crippen LogP contribution in [-0.4, -0.2) is 30.5 Å². The molecule has 0 atom stereocenters. The largest absolute Gasteiger partial charge is 0.439 e. The van der Waals surface area contributed by atoms with E-state index in [-0.39, 0.29) is 29.5 Å². The predicted octanol–water partition coefficient (Wildman–Crippen LogP) is 5.63. The maximum atomic E-state index is 13.3. The highest BCUT2D eigenvalue weighted by molar-refractivity contribution is 6.30. The lowest BCUT2D eigenvalue weighted by Crippen LogP contribution is -2.21. The van der Waals surface area contributed by atoms with Crippen molar-refractivity contribution in [3.63, 3.8) is 0 Å². The molecule has 0 radical (unpaired) electrons. The van der Waals surface area contributed by atoms with Crippen LogP contribution in [0, 0.1) is 5.95 Å². The molecular weight excluding hydrogens is 509 g/mol. The molecule has 0 unspecified atom stereocenters. The monoisotopic (exact) mass is 526 g/mol. The molecule has 0 saturated heterocycles. The second kappa shape index (κ2) is 10.3. The zero-order valence-electron chi connectivity index (χ0n) is 19.0. The van der Waals surface area contributed by atoms with Crippen molar-refractivity contribution in [1.29, 1.82) is 0 Å².